The highest BCUT2D eigenvalue weighted by Gasteiger charge is 2.29. The second-order valence-electron chi connectivity index (χ2n) is 7.81. The third-order valence-electron chi connectivity index (χ3n) is 5.53. The molecule has 0 spiro atoms. The number of nitrogens with zero attached hydrogens (tertiary/aromatic N) is 2. The van der Waals surface area contributed by atoms with E-state index < -0.39 is 0 Å². The van der Waals surface area contributed by atoms with Gasteiger partial charge in [-0.2, -0.15) is 10.1 Å². The molecule has 0 N–H and O–H groups in total. The maximum absolute atomic E-state index is 13.1. The predicted octanol–water partition coefficient (Wildman–Crippen LogP) is 5.70. The average Bonchev–Trinajstić information content (AvgIpc) is 3.09. The maximum atomic E-state index is 13.1. The van der Waals surface area contributed by atoms with Gasteiger partial charge >= 0.3 is 0 Å². The van der Waals surface area contributed by atoms with Crippen LogP contribution in [0.25, 0.3) is 6.08 Å². The molecular weight excluding hydrogens is 400 g/mol. The summed E-state index contributed by atoms with van der Waals surface area (Å²) in [5, 5.41) is 5.95. The number of hydrogen-bond donors (Lipinski definition) is 0. The van der Waals surface area contributed by atoms with Crippen molar-refractivity contribution in [2.45, 2.75) is 27.4 Å². The predicted molar refractivity (Wildman–Crippen MR) is 128 cm³/mol. The summed E-state index contributed by atoms with van der Waals surface area (Å²) < 4.78 is 11.5. The zero-order valence-corrected chi connectivity index (χ0v) is 18.8. The first-order chi connectivity index (χ1) is 15.5. The Bertz CT molecular complexity index is 1210. The van der Waals surface area contributed by atoms with Gasteiger partial charge in [-0.1, -0.05) is 42.5 Å². The fourth-order valence-corrected chi connectivity index (χ4v) is 3.51. The monoisotopic (exact) mass is 426 g/mol. The van der Waals surface area contributed by atoms with Crippen molar-refractivity contribution < 1.29 is 14.3 Å². The summed E-state index contributed by atoms with van der Waals surface area (Å²) in [6.07, 6.45) is 1.84. The summed E-state index contributed by atoms with van der Waals surface area (Å²) in [7, 11) is 1.61. The molecule has 0 radical (unpaired) electrons. The van der Waals surface area contributed by atoms with Gasteiger partial charge in [-0.3, -0.25) is 4.79 Å². The molecule has 5 heteroatoms. The zero-order valence-electron chi connectivity index (χ0n) is 18.8. The summed E-state index contributed by atoms with van der Waals surface area (Å²) in [6.45, 7) is 6.37. The number of carbonyl (C=O) groups is 1. The van der Waals surface area contributed by atoms with E-state index in [0.717, 1.165) is 22.4 Å². The van der Waals surface area contributed by atoms with Crippen LogP contribution >= 0.6 is 0 Å². The van der Waals surface area contributed by atoms with E-state index in [2.05, 4.69) is 5.10 Å². The molecule has 0 aliphatic carbocycles. The molecule has 3 aromatic carbocycles. The summed E-state index contributed by atoms with van der Waals surface area (Å²) in [6, 6.07) is 21.5. The van der Waals surface area contributed by atoms with E-state index >= 15 is 0 Å². The molecule has 5 nitrogen and oxygen atoms in total. The Kier molecular flexibility index (Phi) is 6.08. The lowest BCUT2D eigenvalue weighted by Crippen LogP contribution is -2.21. The summed E-state index contributed by atoms with van der Waals surface area (Å²) in [4.78, 5) is 13.1. The van der Waals surface area contributed by atoms with Gasteiger partial charge in [0.1, 0.15) is 6.61 Å². The van der Waals surface area contributed by atoms with E-state index in [-0.39, 0.29) is 5.91 Å². The van der Waals surface area contributed by atoms with Gasteiger partial charge in [0.15, 0.2) is 11.5 Å². The highest BCUT2D eigenvalue weighted by atomic mass is 16.5. The summed E-state index contributed by atoms with van der Waals surface area (Å²) in [5.74, 6) is 1.12. The van der Waals surface area contributed by atoms with Crippen molar-refractivity contribution >= 4 is 23.4 Å². The van der Waals surface area contributed by atoms with Crippen LogP contribution in [0.1, 0.15) is 29.2 Å². The Labute approximate surface area is 188 Å². The second-order valence-corrected chi connectivity index (χ2v) is 7.81. The number of aryl methyl sites for hydroxylation is 2. The van der Waals surface area contributed by atoms with Crippen molar-refractivity contribution in [2.24, 2.45) is 5.10 Å². The van der Waals surface area contributed by atoms with Crippen LogP contribution in [0.5, 0.6) is 11.5 Å². The minimum Gasteiger partial charge on any atom is -0.493 e. The van der Waals surface area contributed by atoms with Gasteiger partial charge < -0.3 is 9.47 Å². The molecule has 1 aliphatic heterocycles. The van der Waals surface area contributed by atoms with Crippen LogP contribution in [0.2, 0.25) is 0 Å². The van der Waals surface area contributed by atoms with Crippen LogP contribution in [0.15, 0.2) is 77.4 Å². The van der Waals surface area contributed by atoms with Gasteiger partial charge in [-0.05, 0) is 73.4 Å². The van der Waals surface area contributed by atoms with Crippen LogP contribution in [-0.2, 0) is 11.4 Å². The van der Waals surface area contributed by atoms with Gasteiger partial charge in [0, 0.05) is 0 Å². The molecule has 1 aliphatic rings. The molecular formula is C27H26N2O3. The van der Waals surface area contributed by atoms with Crippen LogP contribution in [-0.4, -0.2) is 18.7 Å². The van der Waals surface area contributed by atoms with Gasteiger partial charge in [0.2, 0.25) is 0 Å². The summed E-state index contributed by atoms with van der Waals surface area (Å²) >= 11 is 0. The fourth-order valence-electron chi connectivity index (χ4n) is 3.51. The topological polar surface area (TPSA) is 51.1 Å². The quantitative estimate of drug-likeness (QED) is 0.475. The molecule has 0 aromatic heterocycles. The van der Waals surface area contributed by atoms with Crippen molar-refractivity contribution in [1.29, 1.82) is 0 Å². The van der Waals surface area contributed by atoms with Crippen LogP contribution in [0.3, 0.4) is 0 Å². The minimum absolute atomic E-state index is 0.144. The van der Waals surface area contributed by atoms with E-state index in [1.54, 1.807) is 7.11 Å². The molecule has 3 aromatic rings. The number of methoxy groups -OCH3 is 1. The fraction of sp³-hybridized carbons (Fsp3) is 0.185. The highest BCUT2D eigenvalue weighted by molar-refractivity contribution is 6.32. The SMILES string of the molecule is COc1cc(/C=C2\C(=O)N(c3ccc(C)c(C)c3)N=C2C)ccc1OCc1ccccc1. The Morgan fingerprint density at radius 3 is 2.41 bits per heavy atom. The molecule has 0 saturated heterocycles. The number of rotatable bonds is 6. The van der Waals surface area contributed by atoms with Gasteiger partial charge in [0.25, 0.3) is 5.91 Å². The van der Waals surface area contributed by atoms with Crippen molar-refractivity contribution in [3.8, 4) is 11.5 Å². The Balaban J connectivity index is 1.56. The normalized spacial score (nSPS) is 14.6. The van der Waals surface area contributed by atoms with Crippen molar-refractivity contribution in [3.05, 3.63) is 94.6 Å². The number of carbonyl (C=O) groups excluding carboxylic acids is 1. The first kappa shape index (κ1) is 21.4. The molecule has 0 fully saturated rings. The second kappa shape index (κ2) is 9.10. The van der Waals surface area contributed by atoms with Crippen LogP contribution < -0.4 is 14.5 Å². The molecule has 0 atom stereocenters. The maximum Gasteiger partial charge on any atom is 0.280 e. The Morgan fingerprint density at radius 2 is 1.69 bits per heavy atom. The molecule has 0 saturated carbocycles. The summed E-state index contributed by atoms with van der Waals surface area (Å²) in [5.41, 5.74) is 6.22. The zero-order chi connectivity index (χ0) is 22.7. The van der Waals surface area contributed by atoms with E-state index in [1.807, 2.05) is 93.6 Å². The molecule has 162 valence electrons. The van der Waals surface area contributed by atoms with E-state index in [4.69, 9.17) is 9.47 Å². The van der Waals surface area contributed by atoms with Gasteiger partial charge in [0.05, 0.1) is 24.1 Å². The number of anilines is 1. The lowest BCUT2D eigenvalue weighted by atomic mass is 10.1. The van der Waals surface area contributed by atoms with Crippen LogP contribution in [0, 0.1) is 13.8 Å². The molecule has 4 rings (SSSR count). The van der Waals surface area contributed by atoms with E-state index in [9.17, 15) is 4.79 Å². The van der Waals surface area contributed by atoms with E-state index in [1.165, 1.54) is 10.6 Å². The van der Waals surface area contributed by atoms with Crippen molar-refractivity contribution in [3.63, 3.8) is 0 Å². The van der Waals surface area contributed by atoms with Crippen molar-refractivity contribution in [1.82, 2.24) is 0 Å². The Hall–Kier alpha value is -3.86. The van der Waals surface area contributed by atoms with Crippen molar-refractivity contribution in [2.75, 3.05) is 12.1 Å². The smallest absolute Gasteiger partial charge is 0.280 e. The number of amides is 1. The molecule has 1 amide bonds. The number of ether oxygens (including phenoxy) is 2. The van der Waals surface area contributed by atoms with Crippen LogP contribution in [0.4, 0.5) is 5.69 Å². The molecule has 1 heterocycles. The average molecular weight is 427 g/mol. The first-order valence-corrected chi connectivity index (χ1v) is 10.5. The lowest BCUT2D eigenvalue weighted by molar-refractivity contribution is -0.114. The number of benzene rings is 3. The first-order valence-electron chi connectivity index (χ1n) is 10.5. The largest absolute Gasteiger partial charge is 0.493 e. The molecule has 32 heavy (non-hydrogen) atoms. The number of hydrogen-bond acceptors (Lipinski definition) is 4. The third kappa shape index (κ3) is 4.42. The van der Waals surface area contributed by atoms with E-state index in [0.29, 0.717) is 29.4 Å². The Morgan fingerprint density at radius 1 is 0.906 bits per heavy atom. The number of hydrazone groups is 1. The van der Waals surface area contributed by atoms with Gasteiger partial charge in [-0.15, -0.1) is 0 Å². The lowest BCUT2D eigenvalue weighted by Gasteiger charge is -2.13. The van der Waals surface area contributed by atoms with Gasteiger partial charge in [-0.25, -0.2) is 0 Å². The third-order valence-corrected chi connectivity index (χ3v) is 5.53. The molecule has 0 unspecified atom stereocenters. The minimum atomic E-state index is -0.144. The standard InChI is InChI=1S/C27H26N2O3/c1-18-10-12-23(14-19(18)2)29-27(30)24(20(3)28-29)15-22-11-13-25(26(16-22)31-4)32-17-21-8-6-5-7-9-21/h5-16H,17H2,1-4H3/b24-15-. The molecule has 0 bridgehead atoms. The highest BCUT2D eigenvalue weighted by Crippen LogP contribution is 2.31.